The molecular weight excluding hydrogens is 249 g/mol. The van der Waals surface area contributed by atoms with Crippen LogP contribution >= 0.6 is 11.6 Å². The Kier molecular flexibility index (Phi) is 4.63. The Bertz CT molecular complexity index is 407. The van der Waals surface area contributed by atoms with Crippen molar-refractivity contribution in [3.63, 3.8) is 0 Å². The summed E-state index contributed by atoms with van der Waals surface area (Å²) in [5.74, 6) is 0.433. The van der Waals surface area contributed by atoms with Crippen LogP contribution in [0.3, 0.4) is 0 Å². The molecule has 0 aliphatic heterocycles. The van der Waals surface area contributed by atoms with Crippen molar-refractivity contribution < 1.29 is 4.39 Å². The van der Waals surface area contributed by atoms with Gasteiger partial charge in [0.25, 0.3) is 0 Å². The van der Waals surface area contributed by atoms with E-state index in [0.717, 1.165) is 5.56 Å². The Morgan fingerprint density at radius 1 is 1.33 bits per heavy atom. The lowest BCUT2D eigenvalue weighted by molar-refractivity contribution is 0.263. The summed E-state index contributed by atoms with van der Waals surface area (Å²) in [6, 6.07) is 5.37. The van der Waals surface area contributed by atoms with Gasteiger partial charge in [-0.1, -0.05) is 37.4 Å². The Balaban J connectivity index is 2.04. The highest BCUT2D eigenvalue weighted by Crippen LogP contribution is 2.28. The van der Waals surface area contributed by atoms with Gasteiger partial charge >= 0.3 is 0 Å². The zero-order valence-corrected chi connectivity index (χ0v) is 11.8. The van der Waals surface area contributed by atoms with Crippen molar-refractivity contribution in [3.8, 4) is 0 Å². The summed E-state index contributed by atoms with van der Waals surface area (Å²) in [5, 5.41) is 4.15. The van der Waals surface area contributed by atoms with Crippen LogP contribution in [-0.2, 0) is 0 Å². The summed E-state index contributed by atoms with van der Waals surface area (Å²) >= 11 is 6.10. The zero-order chi connectivity index (χ0) is 13.1. The van der Waals surface area contributed by atoms with E-state index in [0.29, 0.717) is 17.0 Å². The van der Waals surface area contributed by atoms with E-state index in [1.807, 2.05) is 0 Å². The van der Waals surface area contributed by atoms with Crippen molar-refractivity contribution in [1.82, 2.24) is 5.32 Å². The molecule has 1 nitrogen and oxygen atoms in total. The number of hydrogen-bond donors (Lipinski definition) is 1. The molecule has 3 unspecified atom stereocenters. The number of benzene rings is 1. The number of halogens is 2. The third kappa shape index (κ3) is 3.24. The van der Waals surface area contributed by atoms with E-state index >= 15 is 0 Å². The smallest absolute Gasteiger partial charge is 0.124 e. The second-order valence-corrected chi connectivity index (χ2v) is 5.83. The molecule has 1 aromatic rings. The van der Waals surface area contributed by atoms with Gasteiger partial charge in [0, 0.05) is 17.1 Å². The quantitative estimate of drug-likeness (QED) is 0.838. The van der Waals surface area contributed by atoms with Crippen LogP contribution in [0.4, 0.5) is 4.39 Å². The fourth-order valence-corrected chi connectivity index (χ4v) is 3.16. The Hall–Kier alpha value is -0.600. The first-order chi connectivity index (χ1) is 8.58. The van der Waals surface area contributed by atoms with Crippen LogP contribution in [0.2, 0.25) is 5.02 Å². The van der Waals surface area contributed by atoms with Gasteiger partial charge in [-0.2, -0.15) is 0 Å². The van der Waals surface area contributed by atoms with Crippen molar-refractivity contribution in [1.29, 1.82) is 0 Å². The maximum absolute atomic E-state index is 13.0. The van der Waals surface area contributed by atoms with E-state index in [9.17, 15) is 4.39 Å². The van der Waals surface area contributed by atoms with Gasteiger partial charge in [0.2, 0.25) is 0 Å². The molecule has 0 spiro atoms. The van der Waals surface area contributed by atoms with Crippen molar-refractivity contribution >= 4 is 11.6 Å². The average molecular weight is 270 g/mol. The monoisotopic (exact) mass is 269 g/mol. The molecule has 0 aromatic heterocycles. The van der Waals surface area contributed by atoms with Crippen LogP contribution in [0.5, 0.6) is 0 Å². The van der Waals surface area contributed by atoms with Gasteiger partial charge in [-0.25, -0.2) is 4.39 Å². The average Bonchev–Trinajstić information content (AvgIpc) is 2.32. The molecule has 3 heteroatoms. The summed E-state index contributed by atoms with van der Waals surface area (Å²) < 4.78 is 13.0. The fraction of sp³-hybridized carbons (Fsp3) is 0.600. The normalized spacial score (nSPS) is 26.0. The molecule has 1 aliphatic rings. The van der Waals surface area contributed by atoms with E-state index in [1.54, 1.807) is 6.07 Å². The highest BCUT2D eigenvalue weighted by atomic mass is 35.5. The Morgan fingerprint density at radius 2 is 2.06 bits per heavy atom. The minimum absolute atomic E-state index is 0.170. The van der Waals surface area contributed by atoms with E-state index in [2.05, 4.69) is 19.2 Å². The largest absolute Gasteiger partial charge is 0.307 e. The molecule has 1 saturated carbocycles. The Morgan fingerprint density at radius 3 is 2.72 bits per heavy atom. The van der Waals surface area contributed by atoms with Crippen molar-refractivity contribution in [2.75, 3.05) is 0 Å². The van der Waals surface area contributed by atoms with E-state index < -0.39 is 0 Å². The molecule has 0 radical (unpaired) electrons. The van der Waals surface area contributed by atoms with Gasteiger partial charge < -0.3 is 5.32 Å². The van der Waals surface area contributed by atoms with Gasteiger partial charge in [-0.05, 0) is 43.4 Å². The van der Waals surface area contributed by atoms with Gasteiger partial charge in [-0.15, -0.1) is 0 Å². The summed E-state index contributed by atoms with van der Waals surface area (Å²) in [6.07, 6.45) is 5.16. The topological polar surface area (TPSA) is 12.0 Å². The lowest BCUT2D eigenvalue weighted by Crippen LogP contribution is -2.38. The summed E-state index contributed by atoms with van der Waals surface area (Å²) in [5.41, 5.74) is 0.982. The highest BCUT2D eigenvalue weighted by Gasteiger charge is 2.23. The maximum atomic E-state index is 13.0. The minimum atomic E-state index is -0.276. The third-order valence-corrected chi connectivity index (χ3v) is 4.33. The van der Waals surface area contributed by atoms with Crippen molar-refractivity contribution in [3.05, 3.63) is 34.6 Å². The van der Waals surface area contributed by atoms with Crippen LogP contribution in [0, 0.1) is 11.7 Å². The predicted octanol–water partition coefficient (Wildman–Crippen LogP) is 4.71. The molecule has 1 fully saturated rings. The molecule has 2 rings (SSSR count). The lowest BCUT2D eigenvalue weighted by atomic mass is 9.85. The standard InChI is InChI=1S/C15H21ClFN/c1-10-5-3-4-6-15(10)18-11(2)13-8-7-12(17)9-14(13)16/h7-11,15,18H,3-6H2,1-2H3. The first kappa shape index (κ1) is 13.8. The minimum Gasteiger partial charge on any atom is -0.307 e. The van der Waals surface area contributed by atoms with E-state index in [-0.39, 0.29) is 11.9 Å². The Labute approximate surface area is 114 Å². The second kappa shape index (κ2) is 6.03. The molecular formula is C15H21ClFN. The van der Waals surface area contributed by atoms with Crippen molar-refractivity contribution in [2.24, 2.45) is 5.92 Å². The van der Waals surface area contributed by atoms with Gasteiger partial charge in [-0.3, -0.25) is 0 Å². The van der Waals surface area contributed by atoms with Crippen LogP contribution in [0.15, 0.2) is 18.2 Å². The summed E-state index contributed by atoms with van der Waals surface area (Å²) in [6.45, 7) is 4.40. The number of hydrogen-bond acceptors (Lipinski definition) is 1. The first-order valence-electron chi connectivity index (χ1n) is 6.79. The highest BCUT2D eigenvalue weighted by molar-refractivity contribution is 6.31. The second-order valence-electron chi connectivity index (χ2n) is 5.42. The molecule has 0 heterocycles. The summed E-state index contributed by atoms with van der Waals surface area (Å²) in [7, 11) is 0. The molecule has 0 bridgehead atoms. The van der Waals surface area contributed by atoms with Crippen LogP contribution in [0.25, 0.3) is 0 Å². The molecule has 1 N–H and O–H groups in total. The van der Waals surface area contributed by atoms with Crippen LogP contribution < -0.4 is 5.32 Å². The molecule has 3 atom stereocenters. The van der Waals surface area contributed by atoms with Gasteiger partial charge in [0.1, 0.15) is 5.82 Å². The molecule has 1 aliphatic carbocycles. The SMILES string of the molecule is CC(NC1CCCCC1C)c1ccc(F)cc1Cl. The first-order valence-corrected chi connectivity index (χ1v) is 7.16. The lowest BCUT2D eigenvalue weighted by Gasteiger charge is -2.32. The van der Waals surface area contributed by atoms with E-state index in [1.165, 1.54) is 37.8 Å². The third-order valence-electron chi connectivity index (χ3n) is 4.00. The van der Waals surface area contributed by atoms with Gasteiger partial charge in [0.05, 0.1) is 0 Å². The molecule has 0 saturated heterocycles. The fourth-order valence-electron chi connectivity index (χ4n) is 2.83. The molecule has 18 heavy (non-hydrogen) atoms. The number of nitrogens with one attached hydrogen (secondary N) is 1. The van der Waals surface area contributed by atoms with E-state index in [4.69, 9.17) is 11.6 Å². The van der Waals surface area contributed by atoms with Crippen LogP contribution in [-0.4, -0.2) is 6.04 Å². The van der Waals surface area contributed by atoms with Gasteiger partial charge in [0.15, 0.2) is 0 Å². The zero-order valence-electron chi connectivity index (χ0n) is 11.0. The molecule has 1 aromatic carbocycles. The summed E-state index contributed by atoms with van der Waals surface area (Å²) in [4.78, 5) is 0. The van der Waals surface area contributed by atoms with Crippen LogP contribution in [0.1, 0.15) is 51.1 Å². The molecule has 100 valence electrons. The maximum Gasteiger partial charge on any atom is 0.124 e. The molecule has 0 amide bonds. The van der Waals surface area contributed by atoms with Crippen molar-refractivity contribution in [2.45, 2.75) is 51.6 Å². The predicted molar refractivity (Wildman–Crippen MR) is 74.4 cm³/mol. The number of rotatable bonds is 3.